The third kappa shape index (κ3) is 4.56. The van der Waals surface area contributed by atoms with Crippen molar-refractivity contribution in [1.29, 1.82) is 0 Å². The first-order valence-corrected chi connectivity index (χ1v) is 8.22. The van der Waals surface area contributed by atoms with Gasteiger partial charge >= 0.3 is 0 Å². The predicted octanol–water partition coefficient (Wildman–Crippen LogP) is 4.83. The molecule has 4 heteroatoms. The van der Waals surface area contributed by atoms with Crippen LogP contribution in [0.1, 0.15) is 38.1 Å². The Hall–Kier alpha value is -2.88. The predicted molar refractivity (Wildman–Crippen MR) is 102 cm³/mol. The number of fused-ring (bicyclic) bond motifs is 1. The third-order valence-electron chi connectivity index (χ3n) is 3.06. The number of nitrogens with one attached hydrogen (secondary N) is 2. The van der Waals surface area contributed by atoms with Crippen molar-refractivity contribution in [2.45, 2.75) is 27.7 Å². The minimum absolute atomic E-state index is 0.104. The van der Waals surface area contributed by atoms with Crippen molar-refractivity contribution >= 4 is 22.5 Å². The lowest BCUT2D eigenvalue weighted by Crippen LogP contribution is -2.21. The molecule has 126 valence electrons. The number of pyridine rings is 1. The Labute approximate surface area is 142 Å². The number of aromatic nitrogens is 1. The van der Waals surface area contributed by atoms with Crippen LogP contribution in [-0.2, 0) is 0 Å². The Morgan fingerprint density at radius 3 is 2.12 bits per heavy atom. The molecule has 2 aromatic carbocycles. The Balaban J connectivity index is 0.000000671. The Bertz CT molecular complexity index is 824. The Morgan fingerprint density at radius 1 is 0.875 bits per heavy atom. The van der Waals surface area contributed by atoms with Crippen LogP contribution in [0.5, 0.6) is 0 Å². The van der Waals surface area contributed by atoms with Crippen LogP contribution in [-0.4, -0.2) is 10.9 Å². The van der Waals surface area contributed by atoms with Crippen LogP contribution in [0.3, 0.4) is 0 Å². The van der Waals surface area contributed by atoms with Crippen molar-refractivity contribution in [3.8, 4) is 0 Å². The van der Waals surface area contributed by atoms with E-state index in [4.69, 9.17) is 0 Å². The molecule has 3 aromatic rings. The number of H-pyrrole nitrogens is 1. The summed E-state index contributed by atoms with van der Waals surface area (Å²) in [6.45, 7) is 8.00. The second kappa shape index (κ2) is 10.0. The van der Waals surface area contributed by atoms with Crippen LogP contribution < -0.4 is 10.7 Å². The number of hydrogen-bond donors (Lipinski definition) is 2. The summed E-state index contributed by atoms with van der Waals surface area (Å²) in [5.74, 6) is -0.414. The molecular weight excluding hydrogens is 300 g/mol. The van der Waals surface area contributed by atoms with Crippen molar-refractivity contribution in [1.82, 2.24) is 4.98 Å². The second-order valence-electron chi connectivity index (χ2n) is 4.40. The van der Waals surface area contributed by atoms with Crippen LogP contribution in [0.25, 0.3) is 10.9 Å². The standard InChI is InChI=1S/C16H12N2O2.2C2H6/c19-15-12-8-4-5-9-14(12)17-10-13(15)16(20)18-11-6-2-1-3-7-11;2*1-2/h1-10H,(H,17,19)(H,18,20);2*1-2H3. The van der Waals surface area contributed by atoms with Gasteiger partial charge in [0.15, 0.2) is 0 Å². The maximum absolute atomic E-state index is 12.3. The van der Waals surface area contributed by atoms with Gasteiger partial charge < -0.3 is 10.3 Å². The molecular formula is C20H24N2O2. The molecule has 0 radical (unpaired) electrons. The zero-order chi connectivity index (χ0) is 17.9. The van der Waals surface area contributed by atoms with E-state index in [-0.39, 0.29) is 11.0 Å². The molecule has 0 fully saturated rings. The second-order valence-corrected chi connectivity index (χ2v) is 4.40. The summed E-state index contributed by atoms with van der Waals surface area (Å²) in [6.07, 6.45) is 1.45. The highest BCUT2D eigenvalue weighted by atomic mass is 16.2. The van der Waals surface area contributed by atoms with E-state index in [1.165, 1.54) is 6.20 Å². The van der Waals surface area contributed by atoms with E-state index < -0.39 is 5.91 Å². The van der Waals surface area contributed by atoms with Crippen molar-refractivity contribution in [3.63, 3.8) is 0 Å². The van der Waals surface area contributed by atoms with Crippen LogP contribution >= 0.6 is 0 Å². The van der Waals surface area contributed by atoms with Crippen LogP contribution in [0, 0.1) is 0 Å². The smallest absolute Gasteiger partial charge is 0.261 e. The van der Waals surface area contributed by atoms with E-state index in [1.54, 1.807) is 30.3 Å². The van der Waals surface area contributed by atoms with Gasteiger partial charge in [-0.15, -0.1) is 0 Å². The molecule has 1 aromatic heterocycles. The van der Waals surface area contributed by atoms with Gasteiger partial charge in [-0.25, -0.2) is 0 Å². The minimum Gasteiger partial charge on any atom is -0.360 e. The molecule has 1 amide bonds. The van der Waals surface area contributed by atoms with Crippen LogP contribution in [0.2, 0.25) is 0 Å². The number of aromatic amines is 1. The number of rotatable bonds is 2. The zero-order valence-corrected chi connectivity index (χ0v) is 14.6. The number of para-hydroxylation sites is 2. The van der Waals surface area contributed by atoms with Gasteiger partial charge in [0.05, 0.1) is 0 Å². The molecule has 0 aliphatic heterocycles. The SMILES string of the molecule is CC.CC.O=C(Nc1ccccc1)c1c[nH]c2ccccc2c1=O. The van der Waals surface area contributed by atoms with Crippen molar-refractivity contribution < 1.29 is 4.79 Å². The van der Waals surface area contributed by atoms with Gasteiger partial charge in [-0.1, -0.05) is 58.0 Å². The van der Waals surface area contributed by atoms with Crippen molar-refractivity contribution in [3.05, 3.63) is 76.6 Å². The summed E-state index contributed by atoms with van der Waals surface area (Å²) in [7, 11) is 0. The fraction of sp³-hybridized carbons (Fsp3) is 0.200. The van der Waals surface area contributed by atoms with Gasteiger partial charge in [-0.05, 0) is 24.3 Å². The maximum Gasteiger partial charge on any atom is 0.261 e. The van der Waals surface area contributed by atoms with Crippen LogP contribution in [0.15, 0.2) is 65.6 Å². The van der Waals surface area contributed by atoms with E-state index >= 15 is 0 Å². The number of anilines is 1. The number of amides is 1. The normalized spacial score (nSPS) is 9.17. The summed E-state index contributed by atoms with van der Waals surface area (Å²) in [5, 5.41) is 3.21. The Kier molecular flexibility index (Phi) is 7.99. The van der Waals surface area contributed by atoms with Gasteiger partial charge in [0.2, 0.25) is 5.43 Å². The molecule has 0 aliphatic rings. The van der Waals surface area contributed by atoms with Gasteiger partial charge in [-0.2, -0.15) is 0 Å². The topological polar surface area (TPSA) is 62.0 Å². The molecule has 0 unspecified atom stereocenters. The molecule has 2 N–H and O–H groups in total. The average molecular weight is 324 g/mol. The first-order valence-electron chi connectivity index (χ1n) is 8.22. The highest BCUT2D eigenvalue weighted by Gasteiger charge is 2.12. The van der Waals surface area contributed by atoms with Crippen molar-refractivity contribution in [2.24, 2.45) is 0 Å². The molecule has 0 aliphatic carbocycles. The van der Waals surface area contributed by atoms with E-state index in [1.807, 2.05) is 52.0 Å². The van der Waals surface area contributed by atoms with E-state index in [9.17, 15) is 9.59 Å². The molecule has 4 nitrogen and oxygen atoms in total. The molecule has 0 spiro atoms. The lowest BCUT2D eigenvalue weighted by Gasteiger charge is -2.05. The number of benzene rings is 2. The molecule has 0 saturated heterocycles. The first-order chi connectivity index (χ1) is 11.8. The number of hydrogen-bond acceptors (Lipinski definition) is 2. The minimum atomic E-state index is -0.414. The number of carbonyl (C=O) groups excluding carboxylic acids is 1. The summed E-state index contributed by atoms with van der Waals surface area (Å²) in [6, 6.07) is 16.2. The maximum atomic E-state index is 12.3. The lowest BCUT2D eigenvalue weighted by atomic mass is 10.1. The first kappa shape index (κ1) is 19.2. The van der Waals surface area contributed by atoms with Crippen molar-refractivity contribution in [2.75, 3.05) is 5.32 Å². The van der Waals surface area contributed by atoms with Crippen LogP contribution in [0.4, 0.5) is 5.69 Å². The van der Waals surface area contributed by atoms with Gasteiger partial charge in [0, 0.05) is 22.8 Å². The molecule has 0 bridgehead atoms. The van der Waals surface area contributed by atoms with Gasteiger partial charge in [0.25, 0.3) is 5.91 Å². The highest BCUT2D eigenvalue weighted by Crippen LogP contribution is 2.10. The summed E-state index contributed by atoms with van der Waals surface area (Å²) < 4.78 is 0. The monoisotopic (exact) mass is 324 g/mol. The molecule has 0 saturated carbocycles. The number of carbonyl (C=O) groups is 1. The molecule has 24 heavy (non-hydrogen) atoms. The fourth-order valence-corrected chi connectivity index (χ4v) is 2.06. The van der Waals surface area contributed by atoms with Gasteiger partial charge in [-0.3, -0.25) is 9.59 Å². The largest absolute Gasteiger partial charge is 0.360 e. The lowest BCUT2D eigenvalue weighted by molar-refractivity contribution is 0.102. The highest BCUT2D eigenvalue weighted by molar-refractivity contribution is 6.05. The summed E-state index contributed by atoms with van der Waals surface area (Å²) in [5.41, 5.74) is 1.21. The van der Waals surface area contributed by atoms with E-state index in [0.29, 0.717) is 16.6 Å². The molecule has 0 atom stereocenters. The molecule has 1 heterocycles. The average Bonchev–Trinajstić information content (AvgIpc) is 2.66. The Morgan fingerprint density at radius 2 is 1.46 bits per heavy atom. The fourth-order valence-electron chi connectivity index (χ4n) is 2.06. The summed E-state index contributed by atoms with van der Waals surface area (Å²) >= 11 is 0. The zero-order valence-electron chi connectivity index (χ0n) is 14.6. The van der Waals surface area contributed by atoms with Gasteiger partial charge in [0.1, 0.15) is 5.56 Å². The third-order valence-corrected chi connectivity index (χ3v) is 3.06. The quantitative estimate of drug-likeness (QED) is 0.709. The van der Waals surface area contributed by atoms with E-state index in [0.717, 1.165) is 0 Å². The van der Waals surface area contributed by atoms with E-state index in [2.05, 4.69) is 10.3 Å². The summed E-state index contributed by atoms with van der Waals surface area (Å²) in [4.78, 5) is 27.4. The molecule has 3 rings (SSSR count).